The number of carbonyl (C=O) groups is 2. The minimum absolute atomic E-state index is 0.0186. The Balaban J connectivity index is 1.38. The maximum atomic E-state index is 13.6. The molecule has 1 aromatic heterocycles. The van der Waals surface area contributed by atoms with E-state index in [1.165, 1.54) is 33.4 Å². The Morgan fingerprint density at radius 2 is 1.79 bits per heavy atom. The number of fused-ring (bicyclic) bond motifs is 1. The number of ketones is 1. The zero-order chi connectivity index (χ0) is 29.9. The van der Waals surface area contributed by atoms with E-state index in [2.05, 4.69) is 41.0 Å². The number of thioether (sulfide) groups is 1. The van der Waals surface area contributed by atoms with Gasteiger partial charge in [0.25, 0.3) is 5.78 Å². The second-order valence-corrected chi connectivity index (χ2v) is 12.2. The molecule has 1 atom stereocenters. The molecule has 1 amide bonds. The topological polar surface area (TPSA) is 92.6 Å². The molecule has 1 unspecified atom stereocenters. The lowest BCUT2D eigenvalue weighted by Crippen LogP contribution is -2.29. The minimum atomic E-state index is -0.933. The molecule has 1 saturated heterocycles. The highest BCUT2D eigenvalue weighted by molar-refractivity contribution is 8.00. The van der Waals surface area contributed by atoms with Crippen LogP contribution < -0.4 is 9.64 Å². The molecule has 5 aromatic rings. The van der Waals surface area contributed by atoms with Gasteiger partial charge in [-0.2, -0.15) is 0 Å². The molecule has 0 saturated carbocycles. The number of aromatic nitrogens is 2. The fraction of sp³-hybridized carbons (Fsp3) is 0.118. The molecule has 43 heavy (non-hydrogen) atoms. The van der Waals surface area contributed by atoms with Gasteiger partial charge in [0, 0.05) is 11.3 Å². The summed E-state index contributed by atoms with van der Waals surface area (Å²) >= 11 is 2.75. The lowest BCUT2D eigenvalue weighted by atomic mass is 9.95. The normalized spacial score (nSPS) is 16.1. The summed E-state index contributed by atoms with van der Waals surface area (Å²) in [4.78, 5) is 28.5. The van der Waals surface area contributed by atoms with Crippen molar-refractivity contribution in [3.8, 4) is 5.75 Å². The Labute approximate surface area is 257 Å². The molecule has 2 heterocycles. The summed E-state index contributed by atoms with van der Waals surface area (Å²) in [6, 6.07) is 27.7. The average Bonchev–Trinajstić information content (AvgIpc) is 3.60. The summed E-state index contributed by atoms with van der Waals surface area (Å²) in [6.45, 7) is 5.92. The predicted molar refractivity (Wildman–Crippen MR) is 172 cm³/mol. The number of anilines is 1. The number of rotatable bonds is 9. The smallest absolute Gasteiger partial charge is 0.301 e. The summed E-state index contributed by atoms with van der Waals surface area (Å²) in [6.07, 6.45) is 1.63. The molecule has 1 aliphatic heterocycles. The van der Waals surface area contributed by atoms with Gasteiger partial charge in [0.2, 0.25) is 5.13 Å². The summed E-state index contributed by atoms with van der Waals surface area (Å²) < 4.78 is 6.40. The van der Waals surface area contributed by atoms with Gasteiger partial charge >= 0.3 is 5.91 Å². The molecule has 4 aromatic carbocycles. The molecular formula is C34H27N3O4S2. The third-order valence-electron chi connectivity index (χ3n) is 7.14. The van der Waals surface area contributed by atoms with Crippen LogP contribution in [0.25, 0.3) is 16.5 Å². The number of benzene rings is 4. The van der Waals surface area contributed by atoms with Gasteiger partial charge in [-0.25, -0.2) is 0 Å². The third kappa shape index (κ3) is 5.69. The second-order valence-electron chi connectivity index (χ2n) is 9.98. The van der Waals surface area contributed by atoms with Crippen molar-refractivity contribution < 1.29 is 19.4 Å². The minimum Gasteiger partial charge on any atom is -0.507 e. The van der Waals surface area contributed by atoms with Crippen molar-refractivity contribution in [2.24, 2.45) is 0 Å². The first-order valence-electron chi connectivity index (χ1n) is 13.6. The molecule has 1 fully saturated rings. The van der Waals surface area contributed by atoms with Gasteiger partial charge in [0.1, 0.15) is 18.1 Å². The van der Waals surface area contributed by atoms with E-state index in [0.717, 1.165) is 16.5 Å². The molecule has 7 nitrogen and oxygen atoms in total. The first-order valence-corrected chi connectivity index (χ1v) is 15.4. The Bertz CT molecular complexity index is 1880. The number of amides is 1. The van der Waals surface area contributed by atoms with E-state index in [1.807, 2.05) is 37.3 Å². The van der Waals surface area contributed by atoms with Crippen LogP contribution in [-0.4, -0.2) is 33.6 Å². The fourth-order valence-electron chi connectivity index (χ4n) is 5.06. The number of ether oxygens (including phenoxy) is 1. The lowest BCUT2D eigenvalue weighted by Gasteiger charge is -2.23. The maximum Gasteiger partial charge on any atom is 0.301 e. The fourth-order valence-corrected chi connectivity index (χ4v) is 6.93. The van der Waals surface area contributed by atoms with E-state index < -0.39 is 17.7 Å². The van der Waals surface area contributed by atoms with Crippen molar-refractivity contribution in [1.82, 2.24) is 10.2 Å². The molecule has 0 spiro atoms. The van der Waals surface area contributed by atoms with E-state index in [0.29, 0.717) is 33.6 Å². The number of Topliss-reactive ketones (excluding diaryl/α,β-unsaturated/α-hetero) is 1. The van der Waals surface area contributed by atoms with Gasteiger partial charge in [-0.1, -0.05) is 120 Å². The number of aliphatic hydroxyl groups is 1. The molecule has 6 rings (SSSR count). The highest BCUT2D eigenvalue weighted by atomic mass is 32.2. The van der Waals surface area contributed by atoms with Gasteiger partial charge in [-0.3, -0.25) is 14.5 Å². The van der Waals surface area contributed by atoms with Crippen molar-refractivity contribution in [3.05, 3.63) is 131 Å². The molecule has 0 aliphatic carbocycles. The Morgan fingerprint density at radius 1 is 1.02 bits per heavy atom. The standard InChI is InChI=1S/C34H27N3O4S2/c1-3-18-41-26-12-7-10-24(19-26)29-28(30(38)23-16-14-21(2)15-17-23)31(39)32(40)37(29)33-35-36-34(43-33)42-20-25-11-6-9-22-8-4-5-13-27(22)25/h3-17,19,29,38H,1,18,20H2,2H3/b30-28+. The number of nitrogens with zero attached hydrogens (tertiary/aromatic N) is 3. The first kappa shape index (κ1) is 28.4. The van der Waals surface area contributed by atoms with Crippen LogP contribution in [0.1, 0.15) is 28.3 Å². The van der Waals surface area contributed by atoms with Crippen LogP contribution in [0.2, 0.25) is 0 Å². The summed E-state index contributed by atoms with van der Waals surface area (Å²) in [5, 5.41) is 22.7. The van der Waals surface area contributed by atoms with Crippen LogP contribution in [0.4, 0.5) is 5.13 Å². The Hall–Kier alpha value is -4.73. The van der Waals surface area contributed by atoms with E-state index in [4.69, 9.17) is 4.74 Å². The zero-order valence-electron chi connectivity index (χ0n) is 23.3. The molecule has 214 valence electrons. The molecule has 0 bridgehead atoms. The second kappa shape index (κ2) is 12.2. The van der Waals surface area contributed by atoms with Crippen LogP contribution >= 0.6 is 23.1 Å². The van der Waals surface area contributed by atoms with E-state index in [9.17, 15) is 14.7 Å². The van der Waals surface area contributed by atoms with Crippen LogP contribution in [0.5, 0.6) is 5.75 Å². The van der Waals surface area contributed by atoms with Gasteiger partial charge in [-0.05, 0) is 41.0 Å². The number of hydrogen-bond donors (Lipinski definition) is 1. The van der Waals surface area contributed by atoms with Crippen molar-refractivity contribution in [2.75, 3.05) is 11.5 Å². The third-order valence-corrected chi connectivity index (χ3v) is 9.25. The van der Waals surface area contributed by atoms with Crippen LogP contribution in [-0.2, 0) is 15.3 Å². The van der Waals surface area contributed by atoms with E-state index in [-0.39, 0.29) is 16.5 Å². The maximum absolute atomic E-state index is 13.6. The molecule has 0 radical (unpaired) electrons. The molecular weight excluding hydrogens is 579 g/mol. The number of aliphatic hydroxyl groups excluding tert-OH is 1. The molecule has 9 heteroatoms. The van der Waals surface area contributed by atoms with Crippen molar-refractivity contribution >= 4 is 56.5 Å². The van der Waals surface area contributed by atoms with Crippen LogP contribution in [0.15, 0.2) is 114 Å². The predicted octanol–water partition coefficient (Wildman–Crippen LogP) is 7.48. The first-order chi connectivity index (χ1) is 20.9. The quantitative estimate of drug-likeness (QED) is 0.0465. The van der Waals surface area contributed by atoms with Gasteiger partial charge < -0.3 is 9.84 Å². The zero-order valence-corrected chi connectivity index (χ0v) is 24.9. The van der Waals surface area contributed by atoms with Crippen molar-refractivity contribution in [3.63, 3.8) is 0 Å². The summed E-state index contributed by atoms with van der Waals surface area (Å²) in [7, 11) is 0. The number of hydrogen-bond acceptors (Lipinski definition) is 8. The van der Waals surface area contributed by atoms with Crippen molar-refractivity contribution in [2.45, 2.75) is 23.1 Å². The van der Waals surface area contributed by atoms with E-state index >= 15 is 0 Å². The highest BCUT2D eigenvalue weighted by Gasteiger charge is 2.48. The van der Waals surface area contributed by atoms with Crippen LogP contribution in [0.3, 0.4) is 0 Å². The summed E-state index contributed by atoms with van der Waals surface area (Å²) in [5.41, 5.74) is 3.18. The largest absolute Gasteiger partial charge is 0.507 e. The molecule has 1 N–H and O–H groups in total. The van der Waals surface area contributed by atoms with Gasteiger partial charge in [-0.15, -0.1) is 10.2 Å². The Kier molecular flexibility index (Phi) is 8.09. The molecule has 1 aliphatic rings. The SMILES string of the molecule is C=CCOc1cccc(C2/C(=C(\O)c3ccc(C)cc3)C(=O)C(=O)N2c2nnc(SCc3cccc4ccccc34)s2)c1. The summed E-state index contributed by atoms with van der Waals surface area (Å²) in [5.74, 6) is -0.618. The number of carbonyl (C=O) groups excluding carboxylic acids is 2. The van der Waals surface area contributed by atoms with Gasteiger partial charge in [0.05, 0.1) is 11.6 Å². The highest BCUT2D eigenvalue weighted by Crippen LogP contribution is 2.44. The van der Waals surface area contributed by atoms with Crippen molar-refractivity contribution in [1.29, 1.82) is 0 Å². The van der Waals surface area contributed by atoms with Crippen LogP contribution in [0, 0.1) is 6.92 Å². The van der Waals surface area contributed by atoms with E-state index in [1.54, 1.807) is 42.5 Å². The average molecular weight is 606 g/mol. The lowest BCUT2D eigenvalue weighted by molar-refractivity contribution is -0.132. The monoisotopic (exact) mass is 605 g/mol. The number of aryl methyl sites for hydroxylation is 1. The van der Waals surface area contributed by atoms with Gasteiger partial charge in [0.15, 0.2) is 4.34 Å². The Morgan fingerprint density at radius 3 is 2.60 bits per heavy atom.